The highest BCUT2D eigenvalue weighted by Crippen LogP contribution is 2.20. The Morgan fingerprint density at radius 2 is 2.44 bits per heavy atom. The summed E-state index contributed by atoms with van der Waals surface area (Å²) >= 11 is 1.94. The number of hydrogen-bond donors (Lipinski definition) is 1. The highest BCUT2D eigenvalue weighted by Gasteiger charge is 2.14. The zero-order valence-corrected chi connectivity index (χ0v) is 11.8. The van der Waals surface area contributed by atoms with E-state index in [9.17, 15) is 0 Å². The fraction of sp³-hybridized carbons (Fsp3) is 0.643. The van der Waals surface area contributed by atoms with Crippen molar-refractivity contribution in [3.05, 3.63) is 23.9 Å². The number of ether oxygens (including phenoxy) is 1. The quantitative estimate of drug-likeness (QED) is 0.821. The number of nitrogens with one attached hydrogen (secondary N) is 1. The molecule has 1 aliphatic heterocycles. The van der Waals surface area contributed by atoms with Crippen molar-refractivity contribution in [2.24, 2.45) is 0 Å². The third-order valence-corrected chi connectivity index (χ3v) is 4.12. The van der Waals surface area contributed by atoms with Crippen molar-refractivity contribution < 1.29 is 4.74 Å². The van der Waals surface area contributed by atoms with Gasteiger partial charge in [-0.15, -0.1) is 0 Å². The second kappa shape index (κ2) is 7.64. The van der Waals surface area contributed by atoms with Gasteiger partial charge in [0.1, 0.15) is 5.82 Å². The molecule has 1 saturated heterocycles. The normalized spacial score (nSPS) is 19.1. The van der Waals surface area contributed by atoms with Crippen LogP contribution in [0.25, 0.3) is 0 Å². The van der Waals surface area contributed by atoms with Crippen LogP contribution in [0.2, 0.25) is 0 Å². The smallest absolute Gasteiger partial charge is 0.125 e. The molecule has 0 spiro atoms. The summed E-state index contributed by atoms with van der Waals surface area (Å²) in [5.74, 6) is 3.11. The lowest BCUT2D eigenvalue weighted by molar-refractivity contribution is 0.129. The molecule has 1 N–H and O–H groups in total. The first-order valence-electron chi connectivity index (χ1n) is 6.76. The summed E-state index contributed by atoms with van der Waals surface area (Å²) < 4.78 is 5.61. The summed E-state index contributed by atoms with van der Waals surface area (Å²) in [6.45, 7) is 4.09. The van der Waals surface area contributed by atoms with Crippen LogP contribution in [0.1, 0.15) is 31.7 Å². The highest BCUT2D eigenvalue weighted by molar-refractivity contribution is 7.98. The predicted octanol–water partition coefficient (Wildman–Crippen LogP) is 3.32. The van der Waals surface area contributed by atoms with Gasteiger partial charge in [0.25, 0.3) is 0 Å². The van der Waals surface area contributed by atoms with Gasteiger partial charge in [0.2, 0.25) is 0 Å². The van der Waals surface area contributed by atoms with Crippen molar-refractivity contribution in [3.63, 3.8) is 0 Å². The van der Waals surface area contributed by atoms with Gasteiger partial charge >= 0.3 is 0 Å². The summed E-state index contributed by atoms with van der Waals surface area (Å²) in [5, 5.41) is 3.28. The molecule has 2 rings (SSSR count). The molecule has 1 aromatic rings. The summed E-state index contributed by atoms with van der Waals surface area (Å²) in [5.41, 5.74) is 1.29. The topological polar surface area (TPSA) is 34.1 Å². The Hall–Kier alpha value is -0.740. The molecule has 0 amide bonds. The minimum atomic E-state index is 0.480. The molecule has 2 heterocycles. The van der Waals surface area contributed by atoms with Crippen molar-refractivity contribution in [1.82, 2.24) is 4.98 Å². The van der Waals surface area contributed by atoms with Crippen molar-refractivity contribution in [2.75, 3.05) is 24.2 Å². The van der Waals surface area contributed by atoms with Gasteiger partial charge in [-0.25, -0.2) is 4.98 Å². The zero-order chi connectivity index (χ0) is 12.6. The Kier molecular flexibility index (Phi) is 5.81. The molecule has 0 bridgehead atoms. The molecular formula is C14H22N2OS. The molecule has 100 valence electrons. The molecular weight excluding hydrogens is 244 g/mol. The van der Waals surface area contributed by atoms with E-state index in [1.54, 1.807) is 0 Å². The lowest BCUT2D eigenvalue weighted by Gasteiger charge is -2.09. The molecule has 1 atom stereocenters. The Balaban J connectivity index is 1.68. The SMILES string of the molecule is CCCNc1ccc(CSCC2CCCO2)cn1. The van der Waals surface area contributed by atoms with Crippen LogP contribution in [0.3, 0.4) is 0 Å². The average molecular weight is 266 g/mol. The maximum atomic E-state index is 5.61. The van der Waals surface area contributed by atoms with E-state index in [1.807, 2.05) is 18.0 Å². The van der Waals surface area contributed by atoms with Gasteiger partial charge in [-0.3, -0.25) is 0 Å². The summed E-state index contributed by atoms with van der Waals surface area (Å²) in [4.78, 5) is 4.41. The van der Waals surface area contributed by atoms with Crippen molar-refractivity contribution in [1.29, 1.82) is 0 Å². The number of rotatable bonds is 7. The van der Waals surface area contributed by atoms with Gasteiger partial charge in [0, 0.05) is 30.9 Å². The first-order valence-corrected chi connectivity index (χ1v) is 7.92. The second-order valence-electron chi connectivity index (χ2n) is 4.63. The van der Waals surface area contributed by atoms with E-state index in [-0.39, 0.29) is 0 Å². The van der Waals surface area contributed by atoms with Crippen LogP contribution in [0.5, 0.6) is 0 Å². The fourth-order valence-corrected chi connectivity index (χ4v) is 3.00. The van der Waals surface area contributed by atoms with Gasteiger partial charge in [-0.2, -0.15) is 11.8 Å². The van der Waals surface area contributed by atoms with Crippen molar-refractivity contribution in [3.8, 4) is 0 Å². The van der Waals surface area contributed by atoms with Gasteiger partial charge in [-0.1, -0.05) is 13.0 Å². The standard InChI is InChI=1S/C14H22N2OS/c1-2-7-15-14-6-5-12(9-16-14)10-18-11-13-4-3-8-17-13/h5-6,9,13H,2-4,7-8,10-11H2,1H3,(H,15,16). The monoisotopic (exact) mass is 266 g/mol. The van der Waals surface area contributed by atoms with Gasteiger partial charge in [0.15, 0.2) is 0 Å². The Morgan fingerprint density at radius 3 is 3.11 bits per heavy atom. The first-order chi connectivity index (χ1) is 8.88. The van der Waals surface area contributed by atoms with E-state index in [1.165, 1.54) is 18.4 Å². The minimum absolute atomic E-state index is 0.480. The molecule has 18 heavy (non-hydrogen) atoms. The largest absolute Gasteiger partial charge is 0.377 e. The van der Waals surface area contributed by atoms with E-state index < -0.39 is 0 Å². The van der Waals surface area contributed by atoms with E-state index in [2.05, 4.69) is 29.4 Å². The summed E-state index contributed by atoms with van der Waals surface area (Å²) in [7, 11) is 0. The summed E-state index contributed by atoms with van der Waals surface area (Å²) in [6.07, 6.45) is 6.03. The molecule has 3 nitrogen and oxygen atoms in total. The van der Waals surface area contributed by atoms with Gasteiger partial charge in [0.05, 0.1) is 6.10 Å². The lowest BCUT2D eigenvalue weighted by Crippen LogP contribution is -2.08. The van der Waals surface area contributed by atoms with Crippen LogP contribution < -0.4 is 5.32 Å². The second-order valence-corrected chi connectivity index (χ2v) is 5.66. The summed E-state index contributed by atoms with van der Waals surface area (Å²) in [6, 6.07) is 4.23. The van der Waals surface area contributed by atoms with Crippen LogP contribution in [-0.2, 0) is 10.5 Å². The number of anilines is 1. The Morgan fingerprint density at radius 1 is 1.50 bits per heavy atom. The van der Waals surface area contributed by atoms with E-state index in [0.717, 1.165) is 36.9 Å². The lowest BCUT2D eigenvalue weighted by atomic mass is 10.3. The van der Waals surface area contributed by atoms with E-state index in [4.69, 9.17) is 4.74 Å². The number of nitrogens with zero attached hydrogens (tertiary/aromatic N) is 1. The van der Waals surface area contributed by atoms with Gasteiger partial charge < -0.3 is 10.1 Å². The van der Waals surface area contributed by atoms with Crippen LogP contribution in [-0.4, -0.2) is 30.0 Å². The fourth-order valence-electron chi connectivity index (χ4n) is 1.95. The molecule has 1 aromatic heterocycles. The molecule has 1 unspecified atom stereocenters. The third-order valence-electron chi connectivity index (χ3n) is 2.98. The van der Waals surface area contributed by atoms with Crippen molar-refractivity contribution >= 4 is 17.6 Å². The molecule has 0 saturated carbocycles. The van der Waals surface area contributed by atoms with E-state index in [0.29, 0.717) is 6.10 Å². The molecule has 4 heteroatoms. The zero-order valence-electron chi connectivity index (χ0n) is 11.0. The Labute approximate surface area is 114 Å². The van der Waals surface area contributed by atoms with Crippen LogP contribution in [0, 0.1) is 0 Å². The molecule has 0 aliphatic carbocycles. The van der Waals surface area contributed by atoms with E-state index >= 15 is 0 Å². The molecule has 0 radical (unpaired) electrons. The predicted molar refractivity (Wildman–Crippen MR) is 78.2 cm³/mol. The van der Waals surface area contributed by atoms with Crippen LogP contribution >= 0.6 is 11.8 Å². The maximum Gasteiger partial charge on any atom is 0.125 e. The van der Waals surface area contributed by atoms with Crippen LogP contribution in [0.4, 0.5) is 5.82 Å². The third kappa shape index (κ3) is 4.50. The molecule has 1 aliphatic rings. The number of aromatic nitrogens is 1. The first kappa shape index (κ1) is 13.7. The number of hydrogen-bond acceptors (Lipinski definition) is 4. The van der Waals surface area contributed by atoms with Crippen LogP contribution in [0.15, 0.2) is 18.3 Å². The molecule has 1 fully saturated rings. The number of pyridine rings is 1. The average Bonchev–Trinajstić information content (AvgIpc) is 2.91. The highest BCUT2D eigenvalue weighted by atomic mass is 32.2. The Bertz CT molecular complexity index is 336. The van der Waals surface area contributed by atoms with Gasteiger partial charge in [-0.05, 0) is 30.9 Å². The number of thioether (sulfide) groups is 1. The van der Waals surface area contributed by atoms with Crippen molar-refractivity contribution in [2.45, 2.75) is 38.0 Å². The maximum absolute atomic E-state index is 5.61. The molecule has 0 aromatic carbocycles. The minimum Gasteiger partial charge on any atom is -0.377 e.